The third kappa shape index (κ3) is 3.01. The van der Waals surface area contributed by atoms with Crippen molar-refractivity contribution in [3.8, 4) is 11.3 Å². The fourth-order valence-electron chi connectivity index (χ4n) is 3.85. The number of carbonyl (C=O) groups excluding carboxylic acids is 1. The number of carbonyl (C=O) groups is 1. The SMILES string of the molecule is Cc1c(C(=O)NCC2CCO2)oc2c1-c1nn(Cc3ccccn3)cc1CC2. The van der Waals surface area contributed by atoms with Crippen molar-refractivity contribution in [3.05, 3.63) is 58.9 Å². The first-order chi connectivity index (χ1) is 13.7. The van der Waals surface area contributed by atoms with Gasteiger partial charge in [-0.05, 0) is 37.5 Å². The van der Waals surface area contributed by atoms with Crippen molar-refractivity contribution in [1.82, 2.24) is 20.1 Å². The van der Waals surface area contributed by atoms with Gasteiger partial charge in [-0.2, -0.15) is 5.10 Å². The topological polar surface area (TPSA) is 82.2 Å². The molecule has 7 nitrogen and oxygen atoms in total. The molecule has 1 fully saturated rings. The van der Waals surface area contributed by atoms with E-state index in [1.165, 1.54) is 5.56 Å². The molecule has 0 saturated carbocycles. The van der Waals surface area contributed by atoms with E-state index in [-0.39, 0.29) is 12.0 Å². The van der Waals surface area contributed by atoms with Gasteiger partial charge in [0, 0.05) is 43.1 Å². The van der Waals surface area contributed by atoms with Crippen LogP contribution in [-0.4, -0.2) is 39.9 Å². The van der Waals surface area contributed by atoms with Crippen LogP contribution in [0.25, 0.3) is 11.3 Å². The molecule has 4 heterocycles. The van der Waals surface area contributed by atoms with Gasteiger partial charge in [0.2, 0.25) is 0 Å². The van der Waals surface area contributed by atoms with Crippen molar-refractivity contribution in [2.75, 3.05) is 13.2 Å². The standard InChI is InChI=1S/C21H22N4O3/c1-13-18-17(28-20(13)21(26)23-10-16-7-9-27-16)6-5-14-11-25(24-19(14)18)12-15-4-2-3-8-22-15/h2-4,8,11,16H,5-7,9-10,12H2,1H3,(H,23,26). The monoisotopic (exact) mass is 378 g/mol. The lowest BCUT2D eigenvalue weighted by atomic mass is 9.93. The average Bonchev–Trinajstić information content (AvgIpc) is 3.21. The average molecular weight is 378 g/mol. The summed E-state index contributed by atoms with van der Waals surface area (Å²) >= 11 is 0. The predicted molar refractivity (Wildman–Crippen MR) is 102 cm³/mol. The predicted octanol–water partition coefficient (Wildman–Crippen LogP) is 2.51. The van der Waals surface area contributed by atoms with Crippen LogP contribution < -0.4 is 5.32 Å². The van der Waals surface area contributed by atoms with E-state index in [4.69, 9.17) is 14.3 Å². The Hall–Kier alpha value is -2.93. The van der Waals surface area contributed by atoms with Crippen LogP contribution in [0.5, 0.6) is 0 Å². The highest BCUT2D eigenvalue weighted by molar-refractivity contribution is 5.95. The summed E-state index contributed by atoms with van der Waals surface area (Å²) in [5.41, 5.74) is 4.88. The summed E-state index contributed by atoms with van der Waals surface area (Å²) in [4.78, 5) is 17.0. The number of hydrogen-bond donors (Lipinski definition) is 1. The maximum Gasteiger partial charge on any atom is 0.287 e. The van der Waals surface area contributed by atoms with E-state index in [0.717, 1.165) is 54.1 Å². The second-order valence-corrected chi connectivity index (χ2v) is 7.37. The van der Waals surface area contributed by atoms with Gasteiger partial charge in [0.25, 0.3) is 5.91 Å². The molecule has 2 aliphatic rings. The minimum Gasteiger partial charge on any atom is -0.455 e. The highest BCUT2D eigenvalue weighted by atomic mass is 16.5. The number of hydrogen-bond acceptors (Lipinski definition) is 5. The number of aryl methyl sites for hydroxylation is 2. The summed E-state index contributed by atoms with van der Waals surface area (Å²) in [5, 5.41) is 7.70. The van der Waals surface area contributed by atoms with E-state index in [0.29, 0.717) is 18.8 Å². The van der Waals surface area contributed by atoms with Gasteiger partial charge in [0.15, 0.2) is 5.76 Å². The Morgan fingerprint density at radius 1 is 1.36 bits per heavy atom. The van der Waals surface area contributed by atoms with Crippen LogP contribution in [0.15, 0.2) is 35.0 Å². The number of amides is 1. The van der Waals surface area contributed by atoms with Gasteiger partial charge < -0.3 is 14.5 Å². The second-order valence-electron chi connectivity index (χ2n) is 7.37. The smallest absolute Gasteiger partial charge is 0.287 e. The molecule has 7 heteroatoms. The highest BCUT2D eigenvalue weighted by Crippen LogP contribution is 2.38. The van der Waals surface area contributed by atoms with Crippen LogP contribution in [0, 0.1) is 6.92 Å². The van der Waals surface area contributed by atoms with Gasteiger partial charge in [-0.25, -0.2) is 0 Å². The lowest BCUT2D eigenvalue weighted by Crippen LogP contribution is -2.39. The zero-order chi connectivity index (χ0) is 19.1. The van der Waals surface area contributed by atoms with E-state index in [9.17, 15) is 4.79 Å². The quantitative estimate of drug-likeness (QED) is 0.738. The lowest BCUT2D eigenvalue weighted by Gasteiger charge is -2.26. The summed E-state index contributed by atoms with van der Waals surface area (Å²) in [6, 6.07) is 5.87. The van der Waals surface area contributed by atoms with E-state index in [1.807, 2.05) is 29.8 Å². The van der Waals surface area contributed by atoms with Crippen molar-refractivity contribution in [1.29, 1.82) is 0 Å². The van der Waals surface area contributed by atoms with Gasteiger partial charge in [0.05, 0.1) is 24.0 Å². The van der Waals surface area contributed by atoms with Gasteiger partial charge in [-0.3, -0.25) is 14.5 Å². The van der Waals surface area contributed by atoms with Gasteiger partial charge in [-0.15, -0.1) is 0 Å². The van der Waals surface area contributed by atoms with E-state index in [2.05, 4.69) is 16.5 Å². The number of furan rings is 1. The second kappa shape index (κ2) is 6.91. The Kier molecular flexibility index (Phi) is 4.24. The van der Waals surface area contributed by atoms with Gasteiger partial charge in [0.1, 0.15) is 5.76 Å². The number of fused-ring (bicyclic) bond motifs is 3. The molecule has 144 valence electrons. The molecule has 3 aromatic rings. The molecule has 0 aromatic carbocycles. The first-order valence-corrected chi connectivity index (χ1v) is 9.67. The van der Waals surface area contributed by atoms with E-state index < -0.39 is 0 Å². The maximum absolute atomic E-state index is 12.6. The lowest BCUT2D eigenvalue weighted by molar-refractivity contribution is -0.0473. The van der Waals surface area contributed by atoms with Crippen molar-refractivity contribution >= 4 is 5.91 Å². The molecule has 3 aromatic heterocycles. The van der Waals surface area contributed by atoms with Crippen molar-refractivity contribution < 1.29 is 13.9 Å². The third-order valence-electron chi connectivity index (χ3n) is 5.46. The minimum absolute atomic E-state index is 0.128. The highest BCUT2D eigenvalue weighted by Gasteiger charge is 2.30. The zero-order valence-electron chi connectivity index (χ0n) is 15.8. The Morgan fingerprint density at radius 2 is 2.25 bits per heavy atom. The van der Waals surface area contributed by atoms with E-state index in [1.54, 1.807) is 6.20 Å². The molecule has 1 aliphatic carbocycles. The summed E-state index contributed by atoms with van der Waals surface area (Å²) in [5.74, 6) is 1.05. The van der Waals surface area contributed by atoms with Crippen molar-refractivity contribution in [3.63, 3.8) is 0 Å². The number of rotatable bonds is 5. The fraction of sp³-hybridized carbons (Fsp3) is 0.381. The van der Waals surface area contributed by atoms with Crippen LogP contribution in [0.1, 0.15) is 39.6 Å². The van der Waals surface area contributed by atoms with Crippen LogP contribution in [0.3, 0.4) is 0 Å². The molecule has 28 heavy (non-hydrogen) atoms. The minimum atomic E-state index is -0.183. The number of pyridine rings is 1. The number of ether oxygens (including phenoxy) is 1. The first kappa shape index (κ1) is 17.2. The molecule has 1 N–H and O–H groups in total. The summed E-state index contributed by atoms with van der Waals surface area (Å²) in [7, 11) is 0. The van der Waals surface area contributed by atoms with Crippen LogP contribution >= 0.6 is 0 Å². The summed E-state index contributed by atoms with van der Waals surface area (Å²) in [6.45, 7) is 3.85. The van der Waals surface area contributed by atoms with Gasteiger partial charge in [-0.1, -0.05) is 6.07 Å². The molecule has 1 amide bonds. The number of aromatic nitrogens is 3. The molecule has 1 unspecified atom stereocenters. The molecular weight excluding hydrogens is 356 g/mol. The molecule has 5 rings (SSSR count). The Bertz CT molecular complexity index is 1020. The summed E-state index contributed by atoms with van der Waals surface area (Å²) in [6.07, 6.45) is 6.61. The largest absolute Gasteiger partial charge is 0.455 e. The molecule has 1 saturated heterocycles. The fourth-order valence-corrected chi connectivity index (χ4v) is 3.85. The molecule has 0 bridgehead atoms. The van der Waals surface area contributed by atoms with Crippen molar-refractivity contribution in [2.24, 2.45) is 0 Å². The Balaban J connectivity index is 1.41. The molecule has 1 aliphatic heterocycles. The zero-order valence-corrected chi connectivity index (χ0v) is 15.8. The third-order valence-corrected chi connectivity index (χ3v) is 5.46. The maximum atomic E-state index is 12.6. The van der Waals surface area contributed by atoms with Crippen LogP contribution in [-0.2, 0) is 24.1 Å². The first-order valence-electron chi connectivity index (χ1n) is 9.67. The number of nitrogens with one attached hydrogen (secondary N) is 1. The van der Waals surface area contributed by atoms with E-state index >= 15 is 0 Å². The molecule has 0 spiro atoms. The number of nitrogens with zero attached hydrogens (tertiary/aromatic N) is 3. The molecule has 0 radical (unpaired) electrons. The van der Waals surface area contributed by atoms with Crippen molar-refractivity contribution in [2.45, 2.75) is 38.8 Å². The Labute approximate surface area is 162 Å². The molecular formula is C21H22N4O3. The Morgan fingerprint density at radius 3 is 3.00 bits per heavy atom. The van der Waals surface area contributed by atoms with Crippen LogP contribution in [0.2, 0.25) is 0 Å². The van der Waals surface area contributed by atoms with Crippen LogP contribution in [0.4, 0.5) is 0 Å². The van der Waals surface area contributed by atoms with Gasteiger partial charge >= 0.3 is 0 Å². The normalized spacial score (nSPS) is 17.5. The molecule has 1 atom stereocenters. The summed E-state index contributed by atoms with van der Waals surface area (Å²) < 4.78 is 13.2.